The Morgan fingerprint density at radius 2 is 1.72 bits per heavy atom. The third-order valence-corrected chi connectivity index (χ3v) is 10.2. The van der Waals surface area contributed by atoms with E-state index in [4.69, 9.17) is 0 Å². The molecule has 3 unspecified atom stereocenters. The number of aliphatic carboxylic acids is 1. The number of aromatic nitrogens is 2. The predicted octanol–water partition coefficient (Wildman–Crippen LogP) is 7.53. The van der Waals surface area contributed by atoms with Gasteiger partial charge >= 0.3 is 5.97 Å². The van der Waals surface area contributed by atoms with E-state index in [1.54, 1.807) is 0 Å². The quantitative estimate of drug-likeness (QED) is 0.266. The van der Waals surface area contributed by atoms with Gasteiger partial charge in [0.1, 0.15) is 11.7 Å². The minimum atomic E-state index is -0.606. The van der Waals surface area contributed by atoms with Crippen LogP contribution in [0.15, 0.2) is 61.1 Å². The Hall–Kier alpha value is -2.70. The van der Waals surface area contributed by atoms with Crippen LogP contribution in [0.3, 0.4) is 0 Å². The highest BCUT2D eigenvalue weighted by atomic mass is 16.4. The van der Waals surface area contributed by atoms with Crippen molar-refractivity contribution in [3.63, 3.8) is 0 Å². The lowest BCUT2D eigenvalue weighted by Gasteiger charge is -2.35. The summed E-state index contributed by atoms with van der Waals surface area (Å²) in [6.07, 6.45) is 19.4. The maximum absolute atomic E-state index is 12.5. The van der Waals surface area contributed by atoms with Crippen molar-refractivity contribution >= 4 is 11.6 Å². The maximum atomic E-state index is 12.5. The molecule has 3 aliphatic rings. The van der Waals surface area contributed by atoms with Crippen molar-refractivity contribution in [2.24, 2.45) is 17.8 Å². The summed E-state index contributed by atoms with van der Waals surface area (Å²) in [6, 6.07) is 14.9. The number of pyridine rings is 1. The van der Waals surface area contributed by atoms with Crippen LogP contribution in [0.1, 0.15) is 95.1 Å². The highest BCUT2D eigenvalue weighted by Gasteiger charge is 2.43. The van der Waals surface area contributed by atoms with Gasteiger partial charge in [-0.2, -0.15) is 0 Å². The summed E-state index contributed by atoms with van der Waals surface area (Å²) >= 11 is 0. The standard InChI is InChI=1S/C34H46N4O2.C3H8/c39-34(40)33(29-12-5-2-6-13-29)38-24-30(31(25-38)28-10-3-1-4-11-28)23-36-19-16-26(17-20-36)8-7-9-27-14-15-32-35-18-21-37(32)22-27;1-3-2/h1,3-4,10-11,14-15,18,21-22,26,29-31,33H,2,5-9,12-13,16-17,19-20,23-25H2,(H,39,40);3H2,1-2H3. The zero-order chi connectivity index (χ0) is 30.0. The number of imidazole rings is 1. The SMILES string of the molecule is CCC.O=C(O)C(C1CCCCC1)N1CC(CN2CCC(CCCc3ccc4nccn4c3)CC2)C(c2ccccc2)C1. The maximum Gasteiger partial charge on any atom is 0.321 e. The second kappa shape index (κ2) is 15.9. The monoisotopic (exact) mass is 586 g/mol. The van der Waals surface area contributed by atoms with E-state index in [1.807, 2.05) is 12.4 Å². The minimum absolute atomic E-state index is 0.305. The second-order valence-corrected chi connectivity index (χ2v) is 13.5. The molecule has 2 saturated heterocycles. The van der Waals surface area contributed by atoms with Gasteiger partial charge in [-0.05, 0) is 86.6 Å². The van der Waals surface area contributed by atoms with Crippen LogP contribution in [0, 0.1) is 17.8 Å². The molecule has 3 aromatic rings. The Labute approximate surface area is 259 Å². The van der Waals surface area contributed by atoms with Crippen LogP contribution in [0.4, 0.5) is 0 Å². The van der Waals surface area contributed by atoms with Crippen molar-refractivity contribution in [1.29, 1.82) is 0 Å². The zero-order valence-corrected chi connectivity index (χ0v) is 26.6. The average molecular weight is 587 g/mol. The summed E-state index contributed by atoms with van der Waals surface area (Å²) in [5.74, 6) is 1.42. The van der Waals surface area contributed by atoms with Crippen LogP contribution in [0.2, 0.25) is 0 Å². The first-order valence-corrected chi connectivity index (χ1v) is 17.2. The van der Waals surface area contributed by atoms with Crippen LogP contribution in [-0.2, 0) is 11.2 Å². The Kier molecular flexibility index (Phi) is 11.7. The second-order valence-electron chi connectivity index (χ2n) is 13.5. The summed E-state index contributed by atoms with van der Waals surface area (Å²) < 4.78 is 2.12. The number of fused-ring (bicyclic) bond motifs is 1. The van der Waals surface area contributed by atoms with Crippen molar-refractivity contribution in [1.82, 2.24) is 19.2 Å². The van der Waals surface area contributed by atoms with Gasteiger partial charge in [0, 0.05) is 44.1 Å². The van der Waals surface area contributed by atoms with E-state index in [2.05, 4.69) is 81.7 Å². The van der Waals surface area contributed by atoms with Crippen molar-refractivity contribution in [2.45, 2.75) is 96.4 Å². The summed E-state index contributed by atoms with van der Waals surface area (Å²) in [6.45, 7) is 9.48. The first kappa shape index (κ1) is 31.7. The molecule has 1 N–H and O–H groups in total. The predicted molar refractivity (Wildman–Crippen MR) is 176 cm³/mol. The summed E-state index contributed by atoms with van der Waals surface area (Å²) in [7, 11) is 0. The summed E-state index contributed by atoms with van der Waals surface area (Å²) in [5, 5.41) is 10.3. The fourth-order valence-corrected chi connectivity index (χ4v) is 8.00. The fraction of sp³-hybridized carbons (Fsp3) is 0.622. The van der Waals surface area contributed by atoms with Gasteiger partial charge in [0.15, 0.2) is 0 Å². The minimum Gasteiger partial charge on any atom is -0.480 e. The van der Waals surface area contributed by atoms with Crippen molar-refractivity contribution < 1.29 is 9.90 Å². The molecular weight excluding hydrogens is 532 g/mol. The molecule has 4 heterocycles. The zero-order valence-electron chi connectivity index (χ0n) is 26.6. The molecule has 6 heteroatoms. The number of likely N-dealkylation sites (tertiary alicyclic amines) is 2. The molecule has 6 rings (SSSR count). The van der Waals surface area contributed by atoms with Gasteiger partial charge in [0.2, 0.25) is 0 Å². The molecule has 3 fully saturated rings. The molecule has 2 aromatic heterocycles. The summed E-state index contributed by atoms with van der Waals surface area (Å²) in [5.41, 5.74) is 3.79. The molecule has 0 bridgehead atoms. The van der Waals surface area contributed by atoms with E-state index >= 15 is 0 Å². The average Bonchev–Trinajstić information content (AvgIpc) is 3.66. The highest BCUT2D eigenvalue weighted by Crippen LogP contribution is 2.38. The molecule has 0 spiro atoms. The normalized spacial score (nSPS) is 23.2. The Morgan fingerprint density at radius 3 is 2.44 bits per heavy atom. The van der Waals surface area contributed by atoms with Gasteiger partial charge < -0.3 is 14.4 Å². The topological polar surface area (TPSA) is 61.1 Å². The van der Waals surface area contributed by atoms with Gasteiger partial charge in [0.05, 0.1) is 0 Å². The van der Waals surface area contributed by atoms with Crippen molar-refractivity contribution in [2.75, 3.05) is 32.7 Å². The van der Waals surface area contributed by atoms with Gasteiger partial charge in [-0.1, -0.05) is 82.3 Å². The highest BCUT2D eigenvalue weighted by molar-refractivity contribution is 5.74. The van der Waals surface area contributed by atoms with Gasteiger partial charge in [-0.3, -0.25) is 9.69 Å². The number of nitrogens with zero attached hydrogens (tertiary/aromatic N) is 4. The molecule has 0 radical (unpaired) electrons. The molecule has 43 heavy (non-hydrogen) atoms. The van der Waals surface area contributed by atoms with Crippen LogP contribution >= 0.6 is 0 Å². The molecule has 1 aromatic carbocycles. The number of piperidine rings is 1. The van der Waals surface area contributed by atoms with Gasteiger partial charge in [-0.15, -0.1) is 0 Å². The number of carboxylic acids is 1. The van der Waals surface area contributed by atoms with E-state index in [0.717, 1.165) is 50.5 Å². The Balaban J connectivity index is 0.00000118. The van der Waals surface area contributed by atoms with E-state index in [0.29, 0.717) is 17.8 Å². The first-order chi connectivity index (χ1) is 21.1. The van der Waals surface area contributed by atoms with Crippen LogP contribution in [0.25, 0.3) is 5.65 Å². The molecule has 0 amide bonds. The van der Waals surface area contributed by atoms with Gasteiger partial charge in [-0.25, -0.2) is 4.98 Å². The third-order valence-electron chi connectivity index (χ3n) is 10.2. The van der Waals surface area contributed by atoms with E-state index in [9.17, 15) is 9.90 Å². The molecule has 6 nitrogen and oxygen atoms in total. The van der Waals surface area contributed by atoms with Crippen molar-refractivity contribution in [3.8, 4) is 0 Å². The van der Waals surface area contributed by atoms with Crippen LogP contribution in [-0.4, -0.2) is 69.0 Å². The number of carboxylic acid groups (broad SMARTS) is 1. The van der Waals surface area contributed by atoms with E-state index < -0.39 is 5.97 Å². The molecule has 1 saturated carbocycles. The van der Waals surface area contributed by atoms with Gasteiger partial charge in [0.25, 0.3) is 0 Å². The first-order valence-electron chi connectivity index (χ1n) is 17.2. The number of carbonyl (C=O) groups is 1. The third kappa shape index (κ3) is 8.48. The van der Waals surface area contributed by atoms with Crippen molar-refractivity contribution in [3.05, 3.63) is 72.2 Å². The fourth-order valence-electron chi connectivity index (χ4n) is 8.00. The lowest BCUT2D eigenvalue weighted by atomic mass is 9.83. The smallest absolute Gasteiger partial charge is 0.321 e. The lowest BCUT2D eigenvalue weighted by molar-refractivity contribution is -0.145. The number of benzene rings is 1. The van der Waals surface area contributed by atoms with Crippen LogP contribution < -0.4 is 0 Å². The number of aryl methyl sites for hydroxylation is 1. The number of hydrogen-bond acceptors (Lipinski definition) is 4. The largest absolute Gasteiger partial charge is 0.480 e. The Morgan fingerprint density at radius 1 is 0.977 bits per heavy atom. The molecule has 1 aliphatic carbocycles. The summed E-state index contributed by atoms with van der Waals surface area (Å²) in [4.78, 5) is 21.9. The molecule has 3 atom stereocenters. The molecular formula is C37H54N4O2. The number of rotatable bonds is 10. The Bertz CT molecular complexity index is 1250. The lowest BCUT2D eigenvalue weighted by Crippen LogP contribution is -2.46. The van der Waals surface area contributed by atoms with Crippen LogP contribution in [0.5, 0.6) is 0 Å². The van der Waals surface area contributed by atoms with E-state index in [-0.39, 0.29) is 6.04 Å². The molecule has 2 aliphatic heterocycles. The number of hydrogen-bond donors (Lipinski definition) is 1. The van der Waals surface area contributed by atoms with E-state index in [1.165, 1.54) is 75.6 Å². The molecule has 234 valence electrons.